The minimum absolute atomic E-state index is 0.939. The van der Waals surface area contributed by atoms with Gasteiger partial charge in [-0.1, -0.05) is 5.73 Å². The van der Waals surface area contributed by atoms with E-state index >= 15 is 0 Å². The van der Waals surface area contributed by atoms with Crippen LogP contribution in [0.5, 0.6) is 0 Å². The molecular formula is C9H7BrN2. The van der Waals surface area contributed by atoms with Gasteiger partial charge in [0.05, 0.1) is 10.7 Å². The minimum atomic E-state index is 0.939. The second-order valence-electron chi connectivity index (χ2n) is 2.64. The van der Waals surface area contributed by atoms with Gasteiger partial charge in [-0.05, 0) is 34.5 Å². The Labute approximate surface area is 79.4 Å². The average molecular weight is 223 g/mol. The lowest BCUT2D eigenvalue weighted by Crippen LogP contribution is -2.13. The Morgan fingerprint density at radius 1 is 1.58 bits per heavy atom. The molecule has 0 aromatic rings. The monoisotopic (exact) mass is 222 g/mol. The molecule has 0 N–H and O–H groups in total. The van der Waals surface area contributed by atoms with E-state index in [4.69, 9.17) is 0 Å². The van der Waals surface area contributed by atoms with Gasteiger partial charge in [0.2, 0.25) is 0 Å². The molecule has 0 saturated carbocycles. The van der Waals surface area contributed by atoms with Crippen LogP contribution in [-0.2, 0) is 0 Å². The molecule has 0 unspecified atom stereocenters. The molecule has 0 amide bonds. The highest BCUT2D eigenvalue weighted by atomic mass is 79.9. The predicted molar refractivity (Wildman–Crippen MR) is 52.7 cm³/mol. The molecule has 60 valence electrons. The molecule has 0 spiro atoms. The third-order valence-electron chi connectivity index (χ3n) is 1.62. The van der Waals surface area contributed by atoms with Gasteiger partial charge in [-0.3, -0.25) is 0 Å². The topological polar surface area (TPSA) is 15.6 Å². The summed E-state index contributed by atoms with van der Waals surface area (Å²) < 4.78 is 0.970. The van der Waals surface area contributed by atoms with Crippen LogP contribution in [0.15, 0.2) is 45.1 Å². The van der Waals surface area contributed by atoms with Crippen LogP contribution in [0.3, 0.4) is 0 Å². The average Bonchev–Trinajstić information content (AvgIpc) is 2.05. The highest BCUT2D eigenvalue weighted by molar-refractivity contribution is 9.12. The zero-order chi connectivity index (χ0) is 8.55. The summed E-state index contributed by atoms with van der Waals surface area (Å²) in [6, 6.07) is 0. The smallest absolute Gasteiger partial charge is 0.137 e. The maximum absolute atomic E-state index is 4.24. The fraction of sp³-hybridized carbons (Fsp3) is 0.111. The first kappa shape index (κ1) is 7.59. The van der Waals surface area contributed by atoms with E-state index in [9.17, 15) is 0 Å². The number of hydrogen-bond acceptors (Lipinski definition) is 2. The van der Waals surface area contributed by atoms with Crippen molar-refractivity contribution in [2.24, 2.45) is 4.99 Å². The first-order valence-electron chi connectivity index (χ1n) is 3.60. The first-order valence-corrected chi connectivity index (χ1v) is 4.40. The lowest BCUT2D eigenvalue weighted by atomic mass is 10.2. The number of halogens is 1. The molecule has 0 fully saturated rings. The molecule has 2 heterocycles. The number of allylic oxidation sites excluding steroid dienone is 3. The summed E-state index contributed by atoms with van der Waals surface area (Å²) in [5.41, 5.74) is 4.21. The third kappa shape index (κ3) is 1.29. The number of rotatable bonds is 0. The summed E-state index contributed by atoms with van der Waals surface area (Å²) in [5.74, 6) is 0.939. The quantitative estimate of drug-likeness (QED) is 0.576. The fourth-order valence-corrected chi connectivity index (χ4v) is 1.37. The van der Waals surface area contributed by atoms with Gasteiger partial charge >= 0.3 is 0 Å². The van der Waals surface area contributed by atoms with Gasteiger partial charge in [0.15, 0.2) is 0 Å². The standard InChI is InChI=1S/C9H7BrN2/c1-7-2-3-12-6-8(10)5-11-9(12)4-7/h3-6H,1H3. The van der Waals surface area contributed by atoms with Crippen molar-refractivity contribution in [3.63, 3.8) is 0 Å². The maximum atomic E-state index is 4.24. The largest absolute Gasteiger partial charge is 0.300 e. The molecule has 0 atom stereocenters. The SMILES string of the molecule is CC1=C=CN2C=C(Br)C=NC2=C1. The van der Waals surface area contributed by atoms with Gasteiger partial charge in [0.1, 0.15) is 5.82 Å². The third-order valence-corrected chi connectivity index (χ3v) is 2.03. The molecule has 0 aliphatic carbocycles. The van der Waals surface area contributed by atoms with Gasteiger partial charge in [0, 0.05) is 12.4 Å². The van der Waals surface area contributed by atoms with E-state index in [1.165, 1.54) is 0 Å². The summed E-state index contributed by atoms with van der Waals surface area (Å²) in [6.07, 6.45) is 7.61. The van der Waals surface area contributed by atoms with Crippen LogP contribution in [0.1, 0.15) is 6.92 Å². The molecule has 2 aliphatic rings. The summed E-state index contributed by atoms with van der Waals surface area (Å²) in [7, 11) is 0. The highest BCUT2D eigenvalue weighted by Crippen LogP contribution is 2.21. The summed E-state index contributed by atoms with van der Waals surface area (Å²) in [4.78, 5) is 6.17. The van der Waals surface area contributed by atoms with Crippen LogP contribution in [0.25, 0.3) is 0 Å². The van der Waals surface area contributed by atoms with E-state index in [-0.39, 0.29) is 0 Å². The lowest BCUT2D eigenvalue weighted by Gasteiger charge is -2.20. The lowest BCUT2D eigenvalue weighted by molar-refractivity contribution is 0.611. The van der Waals surface area contributed by atoms with E-state index in [1.807, 2.05) is 30.3 Å². The maximum Gasteiger partial charge on any atom is 0.137 e. The highest BCUT2D eigenvalue weighted by Gasteiger charge is 2.09. The molecule has 0 aromatic carbocycles. The summed E-state index contributed by atoms with van der Waals surface area (Å²) in [6.45, 7) is 2.00. The van der Waals surface area contributed by atoms with Crippen molar-refractivity contribution in [3.8, 4) is 0 Å². The van der Waals surface area contributed by atoms with Gasteiger partial charge in [-0.25, -0.2) is 4.99 Å². The Kier molecular flexibility index (Phi) is 1.75. The molecule has 3 heteroatoms. The van der Waals surface area contributed by atoms with Crippen LogP contribution in [0, 0.1) is 0 Å². The van der Waals surface area contributed by atoms with E-state index in [2.05, 4.69) is 26.7 Å². The van der Waals surface area contributed by atoms with E-state index < -0.39 is 0 Å². The Morgan fingerprint density at radius 2 is 2.42 bits per heavy atom. The van der Waals surface area contributed by atoms with E-state index in [1.54, 1.807) is 6.21 Å². The minimum Gasteiger partial charge on any atom is -0.300 e. The fourth-order valence-electron chi connectivity index (χ4n) is 1.05. The Balaban J connectivity index is 2.45. The van der Waals surface area contributed by atoms with Gasteiger partial charge in [-0.2, -0.15) is 0 Å². The van der Waals surface area contributed by atoms with Crippen LogP contribution >= 0.6 is 15.9 Å². The van der Waals surface area contributed by atoms with Crippen molar-refractivity contribution < 1.29 is 0 Å². The first-order chi connectivity index (χ1) is 5.75. The molecule has 12 heavy (non-hydrogen) atoms. The zero-order valence-electron chi connectivity index (χ0n) is 6.58. The Morgan fingerprint density at radius 3 is 3.25 bits per heavy atom. The molecular weight excluding hydrogens is 216 g/mol. The van der Waals surface area contributed by atoms with Gasteiger partial charge in [-0.15, -0.1) is 0 Å². The number of fused-ring (bicyclic) bond motifs is 1. The second kappa shape index (κ2) is 2.77. The molecule has 0 aromatic heterocycles. The predicted octanol–water partition coefficient (Wildman–Crippen LogP) is 2.52. The summed E-state index contributed by atoms with van der Waals surface area (Å²) >= 11 is 3.35. The van der Waals surface area contributed by atoms with E-state index in [0.717, 1.165) is 15.9 Å². The Bertz CT molecular complexity index is 368. The molecule has 0 radical (unpaired) electrons. The van der Waals surface area contributed by atoms with Crippen molar-refractivity contribution in [2.45, 2.75) is 6.92 Å². The van der Waals surface area contributed by atoms with Gasteiger partial charge < -0.3 is 4.90 Å². The molecule has 0 saturated heterocycles. The summed E-state index contributed by atoms with van der Waals surface area (Å²) in [5, 5.41) is 0. The van der Waals surface area contributed by atoms with E-state index in [0.29, 0.717) is 0 Å². The van der Waals surface area contributed by atoms with Gasteiger partial charge in [0.25, 0.3) is 0 Å². The number of nitrogens with zero attached hydrogens (tertiary/aromatic N) is 2. The van der Waals surface area contributed by atoms with Crippen LogP contribution in [0.4, 0.5) is 0 Å². The van der Waals surface area contributed by atoms with Crippen LogP contribution < -0.4 is 0 Å². The van der Waals surface area contributed by atoms with Crippen LogP contribution in [0.2, 0.25) is 0 Å². The molecule has 2 aliphatic heterocycles. The van der Waals surface area contributed by atoms with Crippen molar-refractivity contribution >= 4 is 22.1 Å². The van der Waals surface area contributed by atoms with Crippen molar-refractivity contribution in [1.82, 2.24) is 4.90 Å². The van der Waals surface area contributed by atoms with Crippen molar-refractivity contribution in [2.75, 3.05) is 0 Å². The molecule has 0 bridgehead atoms. The number of hydrogen-bond donors (Lipinski definition) is 0. The normalized spacial score (nSPS) is 19.8. The molecule has 2 nitrogen and oxygen atoms in total. The van der Waals surface area contributed by atoms with Crippen molar-refractivity contribution in [3.05, 3.63) is 40.1 Å². The second-order valence-corrected chi connectivity index (χ2v) is 3.55. The van der Waals surface area contributed by atoms with Crippen molar-refractivity contribution in [1.29, 1.82) is 0 Å². The zero-order valence-corrected chi connectivity index (χ0v) is 8.17. The molecule has 2 rings (SSSR count). The van der Waals surface area contributed by atoms with Crippen LogP contribution in [-0.4, -0.2) is 11.1 Å². The number of aliphatic imine (C=N–C) groups is 1. The Hall–Kier alpha value is -1.05.